The number of ether oxygens (including phenoxy) is 1. The van der Waals surface area contributed by atoms with Crippen LogP contribution >= 0.6 is 22.9 Å². The number of anilines is 1. The van der Waals surface area contributed by atoms with Crippen LogP contribution in [0.5, 0.6) is 11.5 Å². The Kier molecular flexibility index (Phi) is 5.66. The summed E-state index contributed by atoms with van der Waals surface area (Å²) >= 11 is 7.90. The Labute approximate surface area is 186 Å². The Balaban J connectivity index is 1.64. The summed E-state index contributed by atoms with van der Waals surface area (Å²) in [5.74, 6) is 0.818. The molecule has 2 heterocycles. The van der Waals surface area contributed by atoms with E-state index in [2.05, 4.69) is 31.4 Å². The Bertz CT molecular complexity index is 985. The number of benzene rings is 1. The van der Waals surface area contributed by atoms with E-state index in [0.717, 1.165) is 41.8 Å². The molecule has 1 aliphatic carbocycles. The molecule has 0 radical (unpaired) electrons. The summed E-state index contributed by atoms with van der Waals surface area (Å²) < 4.78 is 5.49. The van der Waals surface area contributed by atoms with Crippen molar-refractivity contribution in [1.29, 1.82) is 0 Å². The highest BCUT2D eigenvalue weighted by Crippen LogP contribution is 2.47. The molecule has 1 aromatic carbocycles. The number of amides is 1. The van der Waals surface area contributed by atoms with Crippen LogP contribution < -0.4 is 15.4 Å². The molecular weight excluding hydrogens is 420 g/mol. The molecule has 0 unspecified atom stereocenters. The lowest BCUT2D eigenvalue weighted by atomic mass is 9.69. The summed E-state index contributed by atoms with van der Waals surface area (Å²) in [6, 6.07) is 3.39. The molecule has 0 fully saturated rings. The second-order valence-corrected chi connectivity index (χ2v) is 10.3. The van der Waals surface area contributed by atoms with Crippen molar-refractivity contribution in [2.24, 2.45) is 11.3 Å². The monoisotopic (exact) mass is 448 g/mol. The maximum absolute atomic E-state index is 13.0. The third kappa shape index (κ3) is 3.65. The number of nitrogens with one attached hydrogen (secondary N) is 2. The van der Waals surface area contributed by atoms with Crippen LogP contribution in [-0.2, 0) is 12.8 Å². The van der Waals surface area contributed by atoms with Gasteiger partial charge in [-0.05, 0) is 60.8 Å². The normalized spacial score (nSPS) is 20.8. The maximum atomic E-state index is 13.0. The average molecular weight is 449 g/mol. The number of carbonyl (C=O) groups excluding carboxylic acids is 1. The minimum absolute atomic E-state index is 0.0541. The van der Waals surface area contributed by atoms with Crippen molar-refractivity contribution in [3.05, 3.63) is 38.7 Å². The molecule has 0 spiro atoms. The zero-order chi connectivity index (χ0) is 21.6. The topological polar surface area (TPSA) is 70.6 Å². The van der Waals surface area contributed by atoms with Gasteiger partial charge in [0.25, 0.3) is 5.91 Å². The van der Waals surface area contributed by atoms with Gasteiger partial charge in [0.1, 0.15) is 11.2 Å². The van der Waals surface area contributed by atoms with E-state index >= 15 is 0 Å². The van der Waals surface area contributed by atoms with Crippen LogP contribution in [0.1, 0.15) is 73.1 Å². The molecule has 2 aromatic rings. The van der Waals surface area contributed by atoms with E-state index < -0.39 is 6.17 Å². The second kappa shape index (κ2) is 7.97. The Morgan fingerprint density at radius 2 is 2.07 bits per heavy atom. The van der Waals surface area contributed by atoms with Crippen molar-refractivity contribution < 1.29 is 14.6 Å². The predicted molar refractivity (Wildman–Crippen MR) is 122 cm³/mol. The van der Waals surface area contributed by atoms with E-state index in [0.29, 0.717) is 23.7 Å². The quantitative estimate of drug-likeness (QED) is 0.532. The Morgan fingerprint density at radius 3 is 2.77 bits per heavy atom. The summed E-state index contributed by atoms with van der Waals surface area (Å²) in [5, 5.41) is 17.8. The van der Waals surface area contributed by atoms with Gasteiger partial charge in [-0.3, -0.25) is 4.79 Å². The molecule has 0 bridgehead atoms. The third-order valence-electron chi connectivity index (χ3n) is 6.74. The lowest BCUT2D eigenvalue weighted by Crippen LogP contribution is -2.38. The zero-order valence-corrected chi connectivity index (χ0v) is 19.5. The molecule has 0 saturated heterocycles. The molecule has 1 aromatic heterocycles. The zero-order valence-electron chi connectivity index (χ0n) is 17.9. The second-order valence-electron chi connectivity index (χ2n) is 8.82. The van der Waals surface area contributed by atoms with Gasteiger partial charge in [0.15, 0.2) is 11.5 Å². The fourth-order valence-electron chi connectivity index (χ4n) is 4.45. The smallest absolute Gasteiger partial charge is 0.256 e. The number of thiophene rings is 1. The molecule has 162 valence electrons. The fraction of sp³-hybridized carbons (Fsp3) is 0.522. The lowest BCUT2D eigenvalue weighted by Gasteiger charge is -2.36. The number of halogens is 1. The molecule has 7 heteroatoms. The highest BCUT2D eigenvalue weighted by atomic mass is 35.5. The summed E-state index contributed by atoms with van der Waals surface area (Å²) in [5.41, 5.74) is 3.06. The molecule has 3 N–H and O–H groups in total. The average Bonchev–Trinajstić information content (AvgIpc) is 3.09. The van der Waals surface area contributed by atoms with Gasteiger partial charge < -0.3 is 20.5 Å². The molecule has 0 saturated carbocycles. The third-order valence-corrected chi connectivity index (χ3v) is 8.22. The van der Waals surface area contributed by atoms with Crippen molar-refractivity contribution in [2.75, 3.05) is 11.9 Å². The molecule has 5 nitrogen and oxygen atoms in total. The van der Waals surface area contributed by atoms with Gasteiger partial charge in [0, 0.05) is 4.88 Å². The first-order valence-corrected chi connectivity index (χ1v) is 11.8. The molecule has 2 atom stereocenters. The molecule has 1 aliphatic heterocycles. The number of hydrogen-bond donors (Lipinski definition) is 3. The summed E-state index contributed by atoms with van der Waals surface area (Å²) in [6.07, 6.45) is 3.84. The van der Waals surface area contributed by atoms with Gasteiger partial charge in [0.05, 0.1) is 17.2 Å². The first-order chi connectivity index (χ1) is 14.2. The number of phenols is 1. The number of carbonyl (C=O) groups is 1. The molecular formula is C23H29ClN2O3S. The van der Waals surface area contributed by atoms with Crippen LogP contribution in [0.3, 0.4) is 0 Å². The van der Waals surface area contributed by atoms with E-state index in [4.69, 9.17) is 16.3 Å². The number of fused-ring (bicyclic) bond motifs is 3. The molecule has 4 rings (SSSR count). The van der Waals surface area contributed by atoms with Crippen molar-refractivity contribution in [1.82, 2.24) is 5.32 Å². The van der Waals surface area contributed by atoms with Crippen LogP contribution in [0, 0.1) is 11.3 Å². The van der Waals surface area contributed by atoms with Gasteiger partial charge in [-0.1, -0.05) is 38.8 Å². The maximum Gasteiger partial charge on any atom is 0.256 e. The highest BCUT2D eigenvalue weighted by molar-refractivity contribution is 7.16. The van der Waals surface area contributed by atoms with Gasteiger partial charge in [0.2, 0.25) is 0 Å². The number of aromatic hydroxyl groups is 1. The largest absolute Gasteiger partial charge is 0.503 e. The van der Waals surface area contributed by atoms with Gasteiger partial charge >= 0.3 is 0 Å². The van der Waals surface area contributed by atoms with Crippen molar-refractivity contribution in [3.8, 4) is 11.5 Å². The van der Waals surface area contributed by atoms with Crippen LogP contribution in [0.25, 0.3) is 0 Å². The number of rotatable bonds is 5. The van der Waals surface area contributed by atoms with E-state index in [1.54, 1.807) is 23.5 Å². The first-order valence-electron chi connectivity index (χ1n) is 10.6. The summed E-state index contributed by atoms with van der Waals surface area (Å²) in [6.45, 7) is 9.21. The van der Waals surface area contributed by atoms with E-state index in [1.165, 1.54) is 10.4 Å². The minimum Gasteiger partial charge on any atom is -0.503 e. The number of hydrogen-bond acceptors (Lipinski definition) is 5. The van der Waals surface area contributed by atoms with Gasteiger partial charge in [-0.2, -0.15) is 0 Å². The van der Waals surface area contributed by atoms with E-state index in [9.17, 15) is 9.90 Å². The van der Waals surface area contributed by atoms with Crippen molar-refractivity contribution in [2.45, 2.75) is 59.5 Å². The Morgan fingerprint density at radius 1 is 1.30 bits per heavy atom. The lowest BCUT2D eigenvalue weighted by molar-refractivity contribution is 0.0934. The Hall–Kier alpha value is -1.92. The highest BCUT2D eigenvalue weighted by Gasteiger charge is 2.37. The number of phenolic OH excluding ortho intramolecular Hbond substituents is 1. The van der Waals surface area contributed by atoms with Crippen LogP contribution in [0.2, 0.25) is 5.02 Å². The SMILES string of the molecule is CCOc1cc([C@@H]2NC(=O)c3c(sc4c3CC[C@@H](C(C)(C)CC)C4)N2)cc(Cl)c1O. The molecule has 30 heavy (non-hydrogen) atoms. The summed E-state index contributed by atoms with van der Waals surface area (Å²) in [4.78, 5) is 14.4. The fourth-order valence-corrected chi connectivity index (χ4v) is 6.02. The van der Waals surface area contributed by atoms with Gasteiger partial charge in [-0.25, -0.2) is 0 Å². The van der Waals surface area contributed by atoms with Crippen LogP contribution in [-0.4, -0.2) is 17.6 Å². The minimum atomic E-state index is -0.426. The van der Waals surface area contributed by atoms with E-state index in [-0.39, 0.29) is 16.7 Å². The van der Waals surface area contributed by atoms with E-state index in [1.807, 2.05) is 6.92 Å². The van der Waals surface area contributed by atoms with Crippen LogP contribution in [0.4, 0.5) is 5.00 Å². The standard InChI is InChI=1S/C23H29ClN2O3S/c1-5-23(3,4)13-7-8-14-17(11-13)30-22-18(14)21(28)25-20(26-22)12-9-15(24)19(27)16(10-12)29-6-2/h9-10,13,20,26-27H,5-8,11H2,1-4H3,(H,25,28)/t13-,20-/m1/s1. The predicted octanol–water partition coefficient (Wildman–Crippen LogP) is 5.90. The summed E-state index contributed by atoms with van der Waals surface area (Å²) in [7, 11) is 0. The molecule has 1 amide bonds. The first kappa shape index (κ1) is 21.3. The van der Waals surface area contributed by atoms with Gasteiger partial charge in [-0.15, -0.1) is 11.3 Å². The van der Waals surface area contributed by atoms with Crippen LogP contribution in [0.15, 0.2) is 12.1 Å². The molecule has 2 aliphatic rings. The van der Waals surface area contributed by atoms with Crippen molar-refractivity contribution in [3.63, 3.8) is 0 Å². The van der Waals surface area contributed by atoms with Crippen molar-refractivity contribution >= 4 is 33.8 Å².